The Kier molecular flexibility index (Phi) is 6.31. The molecule has 1 amide bonds. The van der Waals surface area contributed by atoms with E-state index in [0.29, 0.717) is 49.2 Å². The Morgan fingerprint density at radius 1 is 1.08 bits per heavy atom. The van der Waals surface area contributed by atoms with E-state index in [1.54, 1.807) is 6.92 Å². The van der Waals surface area contributed by atoms with Crippen LogP contribution in [0.4, 0.5) is 17.6 Å². The Morgan fingerprint density at radius 3 is 2.59 bits per heavy atom. The van der Waals surface area contributed by atoms with Crippen LogP contribution in [0.5, 0.6) is 0 Å². The second-order valence-electron chi connectivity index (χ2n) is 11.5. The van der Waals surface area contributed by atoms with Gasteiger partial charge in [0.1, 0.15) is 11.3 Å². The normalized spacial score (nSPS) is 23.4. The first-order chi connectivity index (χ1) is 19.0. The van der Waals surface area contributed by atoms with Crippen LogP contribution in [0.1, 0.15) is 68.5 Å². The number of fused-ring (bicyclic) bond motifs is 4. The van der Waals surface area contributed by atoms with Crippen molar-refractivity contribution in [3.63, 3.8) is 0 Å². The van der Waals surface area contributed by atoms with Crippen molar-refractivity contribution in [1.82, 2.24) is 29.7 Å². The van der Waals surface area contributed by atoms with Crippen LogP contribution in [0.25, 0.3) is 10.9 Å². The zero-order valence-electron chi connectivity index (χ0n) is 22.5. The maximum Gasteiger partial charge on any atom is 0.237 e. The molecule has 3 aromatic heterocycles. The van der Waals surface area contributed by atoms with E-state index in [0.717, 1.165) is 47.5 Å². The van der Waals surface area contributed by atoms with Gasteiger partial charge in [-0.25, -0.2) is 19.9 Å². The molecular formula is C29H36N8O2. The Hall–Kier alpha value is -3.37. The highest BCUT2D eigenvalue weighted by molar-refractivity contribution is 5.90. The zero-order chi connectivity index (χ0) is 26.5. The van der Waals surface area contributed by atoms with Crippen LogP contribution in [0, 0.1) is 0 Å². The third-order valence-corrected chi connectivity index (χ3v) is 8.89. The van der Waals surface area contributed by atoms with Crippen molar-refractivity contribution >= 4 is 34.4 Å². The maximum atomic E-state index is 12.8. The van der Waals surface area contributed by atoms with Crippen LogP contribution in [0.2, 0.25) is 0 Å². The molecule has 2 bridgehead atoms. The summed E-state index contributed by atoms with van der Waals surface area (Å²) in [6.07, 6.45) is 9.01. The average Bonchev–Trinajstić information content (AvgIpc) is 3.70. The number of carbonyl (C=O) groups is 1. The number of aromatic nitrogens is 4. The van der Waals surface area contributed by atoms with E-state index in [9.17, 15) is 9.90 Å². The third-order valence-electron chi connectivity index (χ3n) is 8.89. The molecule has 7 rings (SSSR count). The standard InChI is InChI=1S/C29H36N8O2/c1-18(38)24-14-20-15-30-29(34-27(20)28(32-24)37-21-5-6-22(37)8-7-21)33-25-9-4-19-16-36(13-10-23(19)31-25)26(39)17-35-11-2-3-12-35/h4,9,14-15,18,21-22,38H,2-3,5-8,10-13,16-17H2,1H3,(H,30,31,33,34). The Balaban J connectivity index is 1.12. The second-order valence-corrected chi connectivity index (χ2v) is 11.5. The van der Waals surface area contributed by atoms with Gasteiger partial charge in [-0.05, 0) is 76.2 Å². The molecule has 3 fully saturated rings. The summed E-state index contributed by atoms with van der Waals surface area (Å²) in [5.74, 6) is 2.24. The summed E-state index contributed by atoms with van der Waals surface area (Å²) >= 11 is 0. The zero-order valence-corrected chi connectivity index (χ0v) is 22.5. The lowest BCUT2D eigenvalue weighted by molar-refractivity contribution is -0.133. The molecule has 1 unspecified atom stereocenters. The minimum absolute atomic E-state index is 0.212. The van der Waals surface area contributed by atoms with Crippen LogP contribution in [0.3, 0.4) is 0 Å². The number of nitrogens with one attached hydrogen (secondary N) is 1. The number of hydrogen-bond donors (Lipinski definition) is 2. The van der Waals surface area contributed by atoms with Crippen LogP contribution in [0.15, 0.2) is 24.4 Å². The number of pyridine rings is 2. The van der Waals surface area contributed by atoms with Gasteiger partial charge in [0, 0.05) is 48.9 Å². The van der Waals surface area contributed by atoms with Crippen molar-refractivity contribution in [1.29, 1.82) is 0 Å². The molecular weight excluding hydrogens is 492 g/mol. The molecule has 4 aliphatic heterocycles. The molecule has 4 aliphatic rings. The Morgan fingerprint density at radius 2 is 1.85 bits per heavy atom. The fraction of sp³-hybridized carbons (Fsp3) is 0.552. The molecule has 7 heterocycles. The Labute approximate surface area is 228 Å². The van der Waals surface area contributed by atoms with Crippen molar-refractivity contribution in [2.45, 2.75) is 76.6 Å². The fourth-order valence-electron chi connectivity index (χ4n) is 6.80. The average molecular weight is 529 g/mol. The maximum absolute atomic E-state index is 12.8. The molecule has 39 heavy (non-hydrogen) atoms. The number of anilines is 3. The highest BCUT2D eigenvalue weighted by atomic mass is 16.3. The number of aliphatic hydroxyl groups excluding tert-OH is 1. The van der Waals surface area contributed by atoms with Crippen LogP contribution >= 0.6 is 0 Å². The van der Waals surface area contributed by atoms with E-state index in [1.807, 2.05) is 23.2 Å². The summed E-state index contributed by atoms with van der Waals surface area (Å²) in [4.78, 5) is 38.7. The van der Waals surface area contributed by atoms with E-state index in [-0.39, 0.29) is 5.91 Å². The largest absolute Gasteiger partial charge is 0.387 e. The lowest BCUT2D eigenvalue weighted by Crippen LogP contribution is -2.42. The molecule has 3 aromatic rings. The van der Waals surface area contributed by atoms with E-state index >= 15 is 0 Å². The van der Waals surface area contributed by atoms with Gasteiger partial charge >= 0.3 is 0 Å². The monoisotopic (exact) mass is 528 g/mol. The van der Waals surface area contributed by atoms with E-state index in [4.69, 9.17) is 15.0 Å². The second kappa shape index (κ2) is 9.98. The summed E-state index contributed by atoms with van der Waals surface area (Å²) in [7, 11) is 0. The first-order valence-electron chi connectivity index (χ1n) is 14.4. The van der Waals surface area contributed by atoms with Gasteiger partial charge in [0.15, 0.2) is 5.82 Å². The molecule has 204 valence electrons. The number of likely N-dealkylation sites (tertiary alicyclic amines) is 1. The van der Waals surface area contributed by atoms with Crippen molar-refractivity contribution in [2.24, 2.45) is 0 Å². The SMILES string of the molecule is CC(O)c1cc2cnc(Nc3ccc4c(n3)CCN(C(=O)CN3CCCC3)C4)nc2c(N2C3CCC2CC3)n1. The number of rotatable bonds is 6. The molecule has 1 atom stereocenters. The first kappa shape index (κ1) is 24.7. The highest BCUT2D eigenvalue weighted by Gasteiger charge is 2.41. The number of amides is 1. The lowest BCUT2D eigenvalue weighted by Gasteiger charge is -2.30. The molecule has 0 saturated carbocycles. The molecule has 2 N–H and O–H groups in total. The van der Waals surface area contributed by atoms with Crippen molar-refractivity contribution in [3.8, 4) is 0 Å². The Bertz CT molecular complexity index is 1390. The summed E-state index contributed by atoms with van der Waals surface area (Å²) in [5.41, 5.74) is 3.57. The molecule has 0 aromatic carbocycles. The lowest BCUT2D eigenvalue weighted by atomic mass is 10.0. The molecule has 0 aliphatic carbocycles. The van der Waals surface area contributed by atoms with Crippen LogP contribution in [-0.2, 0) is 17.8 Å². The summed E-state index contributed by atoms with van der Waals surface area (Å²) in [6, 6.07) is 6.87. The van der Waals surface area contributed by atoms with Crippen molar-refractivity contribution in [2.75, 3.05) is 36.4 Å². The molecule has 10 nitrogen and oxygen atoms in total. The van der Waals surface area contributed by atoms with Gasteiger partial charge in [-0.1, -0.05) is 6.07 Å². The van der Waals surface area contributed by atoms with Gasteiger partial charge in [-0.3, -0.25) is 9.69 Å². The van der Waals surface area contributed by atoms with Gasteiger partial charge in [-0.15, -0.1) is 0 Å². The van der Waals surface area contributed by atoms with Crippen LogP contribution < -0.4 is 10.2 Å². The van der Waals surface area contributed by atoms with E-state index in [1.165, 1.54) is 38.5 Å². The van der Waals surface area contributed by atoms with Gasteiger partial charge in [0.25, 0.3) is 0 Å². The van der Waals surface area contributed by atoms with Gasteiger partial charge < -0.3 is 20.2 Å². The predicted octanol–water partition coefficient (Wildman–Crippen LogP) is 3.33. The quantitative estimate of drug-likeness (QED) is 0.498. The summed E-state index contributed by atoms with van der Waals surface area (Å²) < 4.78 is 0. The van der Waals surface area contributed by atoms with Crippen LogP contribution in [-0.4, -0.2) is 79.0 Å². The number of nitrogens with zero attached hydrogens (tertiary/aromatic N) is 7. The van der Waals surface area contributed by atoms with Gasteiger partial charge in [0.05, 0.1) is 18.3 Å². The minimum Gasteiger partial charge on any atom is -0.387 e. The number of carbonyl (C=O) groups excluding carboxylic acids is 1. The summed E-state index contributed by atoms with van der Waals surface area (Å²) in [5, 5.41) is 14.5. The first-order valence-corrected chi connectivity index (χ1v) is 14.4. The highest BCUT2D eigenvalue weighted by Crippen LogP contribution is 2.42. The third kappa shape index (κ3) is 4.69. The molecule has 0 radical (unpaired) electrons. The van der Waals surface area contributed by atoms with E-state index < -0.39 is 6.10 Å². The smallest absolute Gasteiger partial charge is 0.237 e. The fourth-order valence-corrected chi connectivity index (χ4v) is 6.80. The number of hydrogen-bond acceptors (Lipinski definition) is 9. The van der Waals surface area contributed by atoms with Crippen molar-refractivity contribution < 1.29 is 9.90 Å². The topological polar surface area (TPSA) is 111 Å². The summed E-state index contributed by atoms with van der Waals surface area (Å²) in [6.45, 7) is 5.64. The van der Waals surface area contributed by atoms with Gasteiger partial charge in [0.2, 0.25) is 11.9 Å². The van der Waals surface area contributed by atoms with Gasteiger partial charge in [-0.2, -0.15) is 0 Å². The predicted molar refractivity (Wildman–Crippen MR) is 149 cm³/mol. The molecule has 3 saturated heterocycles. The number of aliphatic hydroxyl groups is 1. The minimum atomic E-state index is -0.655. The van der Waals surface area contributed by atoms with Crippen molar-refractivity contribution in [3.05, 3.63) is 41.3 Å². The van der Waals surface area contributed by atoms with E-state index in [2.05, 4.69) is 26.2 Å². The molecule has 0 spiro atoms. The molecule has 10 heteroatoms.